The van der Waals surface area contributed by atoms with Gasteiger partial charge in [-0.2, -0.15) is 13.2 Å². The van der Waals surface area contributed by atoms with Crippen LogP contribution in [0.1, 0.15) is 25.8 Å². The number of pyridine rings is 1. The van der Waals surface area contributed by atoms with Crippen LogP contribution in [0.2, 0.25) is 0 Å². The van der Waals surface area contributed by atoms with Crippen molar-refractivity contribution < 1.29 is 22.7 Å². The monoisotopic (exact) mass is 305 g/mol. The van der Waals surface area contributed by atoms with E-state index in [2.05, 4.69) is 15.0 Å². The van der Waals surface area contributed by atoms with Gasteiger partial charge in [-0.25, -0.2) is 9.78 Å². The number of hydrogen-bond acceptors (Lipinski definition) is 5. The fourth-order valence-electron chi connectivity index (χ4n) is 1.80. The number of rotatable bonds is 5. The summed E-state index contributed by atoms with van der Waals surface area (Å²) in [6.45, 7) is 3.76. The summed E-state index contributed by atoms with van der Waals surface area (Å²) < 4.78 is 42.8. The molecule has 0 bridgehead atoms. The van der Waals surface area contributed by atoms with Gasteiger partial charge in [-0.3, -0.25) is 0 Å². The van der Waals surface area contributed by atoms with Gasteiger partial charge in [0.1, 0.15) is 17.7 Å². The standard InChI is InChI=1S/C13H18F3N3O2/c1-7(2)4-9(12(20)21-3)18-11-6-8(13(14,15)16)5-10(17)19-11/h5-7,9H,4H2,1-3H3,(H3,17,18,19). The summed E-state index contributed by atoms with van der Waals surface area (Å²) in [5, 5.41) is 2.65. The van der Waals surface area contributed by atoms with Gasteiger partial charge in [-0.15, -0.1) is 0 Å². The molecular weight excluding hydrogens is 287 g/mol. The quantitative estimate of drug-likeness (QED) is 0.818. The highest BCUT2D eigenvalue weighted by Gasteiger charge is 2.32. The molecule has 1 aromatic rings. The molecule has 0 aliphatic heterocycles. The normalized spacial score (nSPS) is 13.1. The molecule has 1 atom stereocenters. The smallest absolute Gasteiger partial charge is 0.416 e. The number of nitrogens with zero attached hydrogens (tertiary/aromatic N) is 1. The molecule has 0 fully saturated rings. The first-order valence-electron chi connectivity index (χ1n) is 6.32. The van der Waals surface area contributed by atoms with Crippen LogP contribution in [0, 0.1) is 5.92 Å². The highest BCUT2D eigenvalue weighted by atomic mass is 19.4. The number of hydrogen-bond donors (Lipinski definition) is 2. The molecule has 5 nitrogen and oxygen atoms in total. The lowest BCUT2D eigenvalue weighted by Gasteiger charge is -2.19. The number of aromatic nitrogens is 1. The summed E-state index contributed by atoms with van der Waals surface area (Å²) in [6.07, 6.45) is -4.14. The molecule has 21 heavy (non-hydrogen) atoms. The summed E-state index contributed by atoms with van der Waals surface area (Å²) in [5.41, 5.74) is 4.45. The van der Waals surface area contributed by atoms with Gasteiger partial charge in [0.2, 0.25) is 0 Å². The number of esters is 1. The maximum atomic E-state index is 12.7. The number of alkyl halides is 3. The van der Waals surface area contributed by atoms with Crippen molar-refractivity contribution in [2.45, 2.75) is 32.5 Å². The van der Waals surface area contributed by atoms with Gasteiger partial charge in [-0.05, 0) is 24.5 Å². The van der Waals surface area contributed by atoms with Gasteiger partial charge in [0.05, 0.1) is 12.7 Å². The fraction of sp³-hybridized carbons (Fsp3) is 0.538. The van der Waals surface area contributed by atoms with Crippen LogP contribution in [-0.4, -0.2) is 24.1 Å². The van der Waals surface area contributed by atoms with E-state index >= 15 is 0 Å². The summed E-state index contributed by atoms with van der Waals surface area (Å²) in [6, 6.07) is 0.762. The van der Waals surface area contributed by atoms with Crippen LogP contribution >= 0.6 is 0 Å². The molecule has 1 heterocycles. The third kappa shape index (κ3) is 5.13. The Kier molecular flexibility index (Phi) is 5.40. The maximum absolute atomic E-state index is 12.7. The molecule has 118 valence electrons. The second kappa shape index (κ2) is 6.64. The number of halogens is 3. The summed E-state index contributed by atoms with van der Waals surface area (Å²) >= 11 is 0. The molecule has 3 N–H and O–H groups in total. The van der Waals surface area contributed by atoms with Crippen LogP contribution in [0.25, 0.3) is 0 Å². The Hall–Kier alpha value is -1.99. The second-order valence-corrected chi connectivity index (χ2v) is 5.01. The zero-order valence-electron chi connectivity index (χ0n) is 12.0. The van der Waals surface area contributed by atoms with Crippen molar-refractivity contribution in [3.8, 4) is 0 Å². The van der Waals surface area contributed by atoms with Gasteiger partial charge in [0.25, 0.3) is 0 Å². The minimum absolute atomic E-state index is 0.113. The minimum atomic E-state index is -4.54. The lowest BCUT2D eigenvalue weighted by Crippen LogP contribution is -2.32. The molecule has 1 unspecified atom stereocenters. The number of anilines is 2. The van der Waals surface area contributed by atoms with Gasteiger partial charge in [0, 0.05) is 0 Å². The Morgan fingerprint density at radius 1 is 1.43 bits per heavy atom. The van der Waals surface area contributed by atoms with Crippen LogP contribution in [0.3, 0.4) is 0 Å². The Morgan fingerprint density at radius 3 is 2.52 bits per heavy atom. The highest BCUT2D eigenvalue weighted by molar-refractivity contribution is 5.78. The van der Waals surface area contributed by atoms with Crippen molar-refractivity contribution in [1.82, 2.24) is 4.98 Å². The van der Waals surface area contributed by atoms with E-state index in [9.17, 15) is 18.0 Å². The molecule has 1 rings (SSSR count). The summed E-state index contributed by atoms with van der Waals surface area (Å²) in [5.74, 6) is -0.815. The van der Waals surface area contributed by atoms with Crippen LogP contribution in [-0.2, 0) is 15.7 Å². The Bertz CT molecular complexity index is 504. The van der Waals surface area contributed by atoms with Crippen LogP contribution in [0.5, 0.6) is 0 Å². The van der Waals surface area contributed by atoms with Crippen molar-refractivity contribution in [2.75, 3.05) is 18.2 Å². The average molecular weight is 305 g/mol. The molecule has 0 radical (unpaired) electrons. The third-order valence-electron chi connectivity index (χ3n) is 2.69. The highest BCUT2D eigenvalue weighted by Crippen LogP contribution is 2.31. The minimum Gasteiger partial charge on any atom is -0.467 e. The number of ether oxygens (including phenoxy) is 1. The molecular formula is C13H18F3N3O2. The number of carbonyl (C=O) groups excluding carboxylic acids is 1. The molecule has 0 aliphatic carbocycles. The largest absolute Gasteiger partial charge is 0.467 e. The second-order valence-electron chi connectivity index (χ2n) is 5.01. The zero-order valence-corrected chi connectivity index (χ0v) is 12.0. The predicted molar refractivity (Wildman–Crippen MR) is 72.5 cm³/mol. The van der Waals surface area contributed by atoms with Crippen LogP contribution in [0.4, 0.5) is 24.8 Å². The van der Waals surface area contributed by atoms with Crippen molar-refractivity contribution in [3.05, 3.63) is 17.7 Å². The van der Waals surface area contributed by atoms with Gasteiger partial charge in [0.15, 0.2) is 0 Å². The molecule has 0 amide bonds. The first kappa shape index (κ1) is 17.1. The third-order valence-corrected chi connectivity index (χ3v) is 2.69. The summed E-state index contributed by atoms with van der Waals surface area (Å²) in [4.78, 5) is 15.4. The molecule has 0 aromatic carbocycles. The van der Waals surface area contributed by atoms with Crippen molar-refractivity contribution >= 4 is 17.6 Å². The van der Waals surface area contributed by atoms with E-state index in [0.717, 1.165) is 12.1 Å². The SMILES string of the molecule is COC(=O)C(CC(C)C)Nc1cc(C(F)(F)F)cc(N)n1. The van der Waals surface area contributed by atoms with Crippen molar-refractivity contribution in [2.24, 2.45) is 5.92 Å². The number of nitrogens with two attached hydrogens (primary N) is 1. The van der Waals surface area contributed by atoms with Gasteiger partial charge >= 0.3 is 12.1 Å². The van der Waals surface area contributed by atoms with Gasteiger partial charge in [-0.1, -0.05) is 13.8 Å². The molecule has 0 saturated heterocycles. The lowest BCUT2D eigenvalue weighted by atomic mass is 10.0. The predicted octanol–water partition coefficient (Wildman–Crippen LogP) is 2.68. The van der Waals surface area contributed by atoms with Gasteiger partial charge < -0.3 is 15.8 Å². The van der Waals surface area contributed by atoms with E-state index in [1.165, 1.54) is 7.11 Å². The molecule has 1 aromatic heterocycles. The maximum Gasteiger partial charge on any atom is 0.416 e. The van der Waals surface area contributed by atoms with E-state index in [-0.39, 0.29) is 17.6 Å². The van der Waals surface area contributed by atoms with Crippen LogP contribution in [0.15, 0.2) is 12.1 Å². The first-order valence-corrected chi connectivity index (χ1v) is 6.32. The fourth-order valence-corrected chi connectivity index (χ4v) is 1.80. The van der Waals surface area contributed by atoms with Crippen LogP contribution < -0.4 is 11.1 Å². The van der Waals surface area contributed by atoms with Crippen molar-refractivity contribution in [3.63, 3.8) is 0 Å². The Labute approximate surface area is 120 Å². The van der Waals surface area contributed by atoms with E-state index in [1.54, 1.807) is 0 Å². The molecule has 0 aliphatic rings. The summed E-state index contributed by atoms with van der Waals surface area (Å²) in [7, 11) is 1.21. The lowest BCUT2D eigenvalue weighted by molar-refractivity contribution is -0.141. The van der Waals surface area contributed by atoms with E-state index in [0.29, 0.717) is 6.42 Å². The number of methoxy groups -OCH3 is 1. The van der Waals surface area contributed by atoms with E-state index in [4.69, 9.17) is 5.73 Å². The number of carbonyl (C=O) groups is 1. The number of nitrogen functional groups attached to an aromatic ring is 1. The molecule has 0 spiro atoms. The van der Waals surface area contributed by atoms with E-state index in [1.807, 2.05) is 13.8 Å². The average Bonchev–Trinajstić information content (AvgIpc) is 2.34. The zero-order chi connectivity index (χ0) is 16.2. The molecule has 0 saturated carbocycles. The van der Waals surface area contributed by atoms with Crippen molar-refractivity contribution in [1.29, 1.82) is 0 Å². The number of nitrogens with one attached hydrogen (secondary N) is 1. The Balaban J connectivity index is 3.03. The first-order chi connectivity index (χ1) is 9.63. The van der Waals surface area contributed by atoms with E-state index < -0.39 is 23.8 Å². The molecule has 8 heteroatoms. The Morgan fingerprint density at radius 2 is 2.05 bits per heavy atom. The topological polar surface area (TPSA) is 77.2 Å².